The summed E-state index contributed by atoms with van der Waals surface area (Å²) in [6.07, 6.45) is 0. The number of hydrogen-bond donors (Lipinski definition) is 0. The average Bonchev–Trinajstić information content (AvgIpc) is 2.58. The molecule has 0 aliphatic carbocycles. The van der Waals surface area contributed by atoms with Crippen molar-refractivity contribution in [2.45, 2.75) is 0 Å². The molecule has 0 fully saturated rings. The first-order valence-electron chi connectivity index (χ1n) is 3.31. The molecule has 1 nitrogen and oxygen atoms in total. The van der Waals surface area contributed by atoms with Gasteiger partial charge in [0.05, 0.1) is 11.2 Å². The molecule has 1 aromatic carbocycles. The van der Waals surface area contributed by atoms with E-state index in [1.54, 1.807) is 11.3 Å². The van der Waals surface area contributed by atoms with Crippen LogP contribution in [0.2, 0.25) is 0 Å². The minimum Gasteiger partial charge on any atom is -0.245 e. The highest BCUT2D eigenvalue weighted by atomic mass is 32.1. The zero-order valence-corrected chi connectivity index (χ0v) is 6.64. The lowest BCUT2D eigenvalue weighted by molar-refractivity contribution is 1.41. The van der Waals surface area contributed by atoms with Crippen LogP contribution in [-0.4, -0.2) is 4.98 Å². The van der Waals surface area contributed by atoms with E-state index in [2.05, 4.69) is 11.1 Å². The van der Waals surface area contributed by atoms with Crippen LogP contribution in [0.1, 0.15) is 0 Å². The van der Waals surface area contributed by atoms with Gasteiger partial charge in [-0.3, -0.25) is 0 Å². The minimum atomic E-state index is 1.03. The number of hydrogen-bond acceptors (Lipinski definition) is 2. The van der Waals surface area contributed by atoms with Crippen LogP contribution < -0.4 is 0 Å². The molecule has 11 heavy (non-hydrogen) atoms. The van der Waals surface area contributed by atoms with E-state index in [0.29, 0.717) is 0 Å². The molecule has 2 rings (SSSR count). The molecule has 0 unspecified atom stereocenters. The average molecular weight is 160 g/mol. The van der Waals surface area contributed by atoms with E-state index in [4.69, 9.17) is 0 Å². The molecular formula is C9H6NS. The lowest BCUT2D eigenvalue weighted by Gasteiger charge is -1.91. The van der Waals surface area contributed by atoms with Crippen LogP contribution in [0.5, 0.6) is 0 Å². The van der Waals surface area contributed by atoms with E-state index in [-0.39, 0.29) is 0 Å². The molecule has 0 bridgehead atoms. The first-order valence-corrected chi connectivity index (χ1v) is 4.26. The third kappa shape index (κ3) is 1.30. The Morgan fingerprint density at radius 2 is 2.45 bits per heavy atom. The summed E-state index contributed by atoms with van der Waals surface area (Å²) in [4.78, 5) is 4.19. The van der Waals surface area contributed by atoms with Gasteiger partial charge in [0.15, 0.2) is 0 Å². The van der Waals surface area contributed by atoms with Crippen molar-refractivity contribution in [2.24, 2.45) is 0 Å². The molecule has 0 aliphatic heterocycles. The molecule has 0 spiro atoms. The van der Waals surface area contributed by atoms with E-state index in [1.807, 2.05) is 35.2 Å². The van der Waals surface area contributed by atoms with Gasteiger partial charge < -0.3 is 0 Å². The molecule has 2 aromatic rings. The van der Waals surface area contributed by atoms with Gasteiger partial charge in [-0.05, 0) is 12.1 Å². The predicted octanol–water partition coefficient (Wildman–Crippen LogP) is 2.61. The normalized spacial score (nSPS) is 9.82. The number of nitrogens with zero attached hydrogens (tertiary/aromatic N) is 1. The third-order valence-corrected chi connectivity index (χ3v) is 2.02. The van der Waals surface area contributed by atoms with Gasteiger partial charge in [-0.1, -0.05) is 18.2 Å². The maximum Gasteiger partial charge on any atom is 0.0811 e. The maximum absolute atomic E-state index is 4.19. The Labute approximate surface area is 69.3 Å². The molecule has 53 valence electrons. The molecule has 2 heteroatoms. The Morgan fingerprint density at radius 3 is 3.09 bits per heavy atom. The molecule has 0 saturated carbocycles. The second kappa shape index (κ2) is 2.84. The summed E-state index contributed by atoms with van der Waals surface area (Å²) in [7, 11) is 0. The van der Waals surface area contributed by atoms with Crippen molar-refractivity contribution in [1.29, 1.82) is 0 Å². The van der Waals surface area contributed by atoms with Crippen LogP contribution >= 0.6 is 11.3 Å². The number of benzene rings is 1. The second-order valence-corrected chi connectivity index (χ2v) is 2.88. The number of aromatic nitrogens is 1. The van der Waals surface area contributed by atoms with Crippen molar-refractivity contribution in [3.8, 4) is 11.3 Å². The van der Waals surface area contributed by atoms with E-state index < -0.39 is 0 Å². The van der Waals surface area contributed by atoms with Crippen molar-refractivity contribution in [3.63, 3.8) is 0 Å². The van der Waals surface area contributed by atoms with Gasteiger partial charge in [-0.2, -0.15) is 0 Å². The van der Waals surface area contributed by atoms with Crippen molar-refractivity contribution in [1.82, 2.24) is 4.98 Å². The summed E-state index contributed by atoms with van der Waals surface area (Å²) < 4.78 is 0. The fourth-order valence-corrected chi connectivity index (χ4v) is 1.47. The molecule has 0 N–H and O–H groups in total. The van der Waals surface area contributed by atoms with E-state index in [9.17, 15) is 0 Å². The van der Waals surface area contributed by atoms with E-state index in [0.717, 1.165) is 11.3 Å². The lowest BCUT2D eigenvalue weighted by atomic mass is 10.2. The van der Waals surface area contributed by atoms with Crippen LogP contribution in [0.4, 0.5) is 0 Å². The van der Waals surface area contributed by atoms with Gasteiger partial charge >= 0.3 is 0 Å². The smallest absolute Gasteiger partial charge is 0.0811 e. The van der Waals surface area contributed by atoms with Gasteiger partial charge in [0.2, 0.25) is 0 Å². The Hall–Kier alpha value is -1.15. The number of thiazole rings is 1. The van der Waals surface area contributed by atoms with Crippen LogP contribution in [-0.2, 0) is 0 Å². The highest BCUT2D eigenvalue weighted by molar-refractivity contribution is 7.07. The summed E-state index contributed by atoms with van der Waals surface area (Å²) in [5, 5.41) is 2.03. The van der Waals surface area contributed by atoms with E-state index in [1.165, 1.54) is 0 Å². The Bertz CT molecular complexity index is 313. The first-order chi connectivity index (χ1) is 5.47. The minimum absolute atomic E-state index is 1.03. The summed E-state index contributed by atoms with van der Waals surface area (Å²) in [6, 6.07) is 10.8. The molecule has 1 radical (unpaired) electrons. The Kier molecular flexibility index (Phi) is 1.69. The highest BCUT2D eigenvalue weighted by Gasteiger charge is 1.95. The molecule has 0 saturated heterocycles. The fourth-order valence-electron chi connectivity index (χ4n) is 0.908. The molecule has 0 aliphatic rings. The van der Waals surface area contributed by atoms with Crippen molar-refractivity contribution < 1.29 is 0 Å². The second-order valence-electron chi connectivity index (χ2n) is 2.17. The monoisotopic (exact) mass is 160 g/mol. The van der Waals surface area contributed by atoms with Gasteiger partial charge in [0.1, 0.15) is 0 Å². The molecule has 0 amide bonds. The zero-order chi connectivity index (χ0) is 7.52. The van der Waals surface area contributed by atoms with Gasteiger partial charge in [-0.25, -0.2) is 4.98 Å². The van der Waals surface area contributed by atoms with Gasteiger partial charge in [-0.15, -0.1) is 11.3 Å². The largest absolute Gasteiger partial charge is 0.245 e. The van der Waals surface area contributed by atoms with Crippen LogP contribution in [0, 0.1) is 6.07 Å². The summed E-state index contributed by atoms with van der Waals surface area (Å²) in [5.74, 6) is 0. The van der Waals surface area contributed by atoms with Crippen molar-refractivity contribution in [3.05, 3.63) is 41.2 Å². The standard InChI is InChI=1S/C9H6NS/c1-2-4-8(5-3-1)9-6-11-7-10-9/h1-2,4-7H. The Morgan fingerprint density at radius 1 is 1.45 bits per heavy atom. The molecular weight excluding hydrogens is 154 g/mol. The number of rotatable bonds is 1. The van der Waals surface area contributed by atoms with E-state index >= 15 is 0 Å². The molecule has 1 heterocycles. The molecule has 0 atom stereocenters. The van der Waals surface area contributed by atoms with Crippen molar-refractivity contribution in [2.75, 3.05) is 0 Å². The summed E-state index contributed by atoms with van der Waals surface area (Å²) in [6.45, 7) is 0. The van der Waals surface area contributed by atoms with Gasteiger partial charge in [0.25, 0.3) is 0 Å². The molecule has 1 aromatic heterocycles. The van der Waals surface area contributed by atoms with Crippen LogP contribution in [0.15, 0.2) is 35.2 Å². The van der Waals surface area contributed by atoms with Crippen LogP contribution in [0.3, 0.4) is 0 Å². The quantitative estimate of drug-likeness (QED) is 0.625. The SMILES string of the molecule is [c]1cccc(-c2cscn2)c1. The first kappa shape index (κ1) is 6.55. The Balaban J connectivity index is 2.46. The van der Waals surface area contributed by atoms with Crippen molar-refractivity contribution >= 4 is 11.3 Å². The highest BCUT2D eigenvalue weighted by Crippen LogP contribution is 2.17. The lowest BCUT2D eigenvalue weighted by Crippen LogP contribution is -1.73. The predicted molar refractivity (Wildman–Crippen MR) is 46.4 cm³/mol. The van der Waals surface area contributed by atoms with Gasteiger partial charge in [0, 0.05) is 10.9 Å². The van der Waals surface area contributed by atoms with Crippen LogP contribution in [0.25, 0.3) is 11.3 Å². The third-order valence-electron chi connectivity index (χ3n) is 1.44. The zero-order valence-electron chi connectivity index (χ0n) is 5.82. The topological polar surface area (TPSA) is 12.9 Å². The summed E-state index contributed by atoms with van der Waals surface area (Å²) >= 11 is 1.61. The fraction of sp³-hybridized carbons (Fsp3) is 0. The maximum atomic E-state index is 4.19. The summed E-state index contributed by atoms with van der Waals surface area (Å²) in [5.41, 5.74) is 4.00.